The van der Waals surface area contributed by atoms with Crippen LogP contribution >= 0.6 is 0 Å². The highest BCUT2D eigenvalue weighted by Gasteiger charge is 2.16. The molecule has 1 amide bonds. The monoisotopic (exact) mass is 284 g/mol. The second-order valence-electron chi connectivity index (χ2n) is 4.64. The fraction of sp³-hybridized carbons (Fsp3) is 0.462. The Hall–Kier alpha value is -1.56. The van der Waals surface area contributed by atoms with Crippen molar-refractivity contribution in [1.29, 1.82) is 0 Å². The minimum absolute atomic E-state index is 0.0692. The topological polar surface area (TPSA) is 80.5 Å². The summed E-state index contributed by atoms with van der Waals surface area (Å²) in [5, 5.41) is 0. The lowest BCUT2D eigenvalue weighted by Crippen LogP contribution is -2.27. The normalized spacial score (nSPS) is 11.3. The Labute approximate surface area is 114 Å². The molecule has 0 aliphatic heterocycles. The van der Waals surface area contributed by atoms with Crippen molar-refractivity contribution in [3.05, 3.63) is 23.8 Å². The van der Waals surface area contributed by atoms with Crippen LogP contribution in [0.4, 0.5) is 5.69 Å². The zero-order chi connectivity index (χ0) is 14.6. The van der Waals surface area contributed by atoms with Gasteiger partial charge in [-0.15, -0.1) is 0 Å². The Balaban J connectivity index is 3.07. The predicted molar refractivity (Wildman–Crippen MR) is 75.8 cm³/mol. The van der Waals surface area contributed by atoms with Gasteiger partial charge < -0.3 is 10.6 Å². The van der Waals surface area contributed by atoms with Gasteiger partial charge in [-0.3, -0.25) is 4.79 Å². The first-order valence-electron chi connectivity index (χ1n) is 6.11. The zero-order valence-electron chi connectivity index (χ0n) is 11.5. The molecule has 1 rings (SSSR count). The number of hydrogen-bond acceptors (Lipinski definition) is 4. The Morgan fingerprint density at radius 3 is 2.47 bits per heavy atom. The summed E-state index contributed by atoms with van der Waals surface area (Å²) < 4.78 is 23.0. The molecule has 1 aromatic carbocycles. The van der Waals surface area contributed by atoms with Gasteiger partial charge in [0.05, 0.1) is 4.90 Å². The molecule has 0 saturated heterocycles. The second kappa shape index (κ2) is 6.06. The molecule has 0 aliphatic carbocycles. The second-order valence-corrected chi connectivity index (χ2v) is 6.66. The molecular formula is C13H20N2O3S. The van der Waals surface area contributed by atoms with Crippen molar-refractivity contribution in [3.63, 3.8) is 0 Å². The van der Waals surface area contributed by atoms with Gasteiger partial charge in [0.1, 0.15) is 0 Å². The molecular weight excluding hydrogens is 264 g/mol. The van der Waals surface area contributed by atoms with Crippen LogP contribution in [-0.2, 0) is 9.84 Å². The highest BCUT2D eigenvalue weighted by molar-refractivity contribution is 7.90. The Morgan fingerprint density at radius 2 is 1.95 bits per heavy atom. The minimum atomic E-state index is -3.37. The molecule has 19 heavy (non-hydrogen) atoms. The Kier molecular flexibility index (Phi) is 4.94. The fourth-order valence-electron chi connectivity index (χ4n) is 1.68. The first kappa shape index (κ1) is 15.5. The van der Waals surface area contributed by atoms with Gasteiger partial charge in [0.25, 0.3) is 5.91 Å². The number of carbonyl (C=O) groups is 1. The summed E-state index contributed by atoms with van der Waals surface area (Å²) in [5.74, 6) is -0.217. The lowest BCUT2D eigenvalue weighted by Gasteiger charge is -2.17. The third kappa shape index (κ3) is 4.24. The molecule has 6 heteroatoms. The lowest BCUT2D eigenvalue weighted by molar-refractivity contribution is 0.0793. The number of benzene rings is 1. The molecule has 5 nitrogen and oxygen atoms in total. The van der Waals surface area contributed by atoms with E-state index in [1.807, 2.05) is 6.92 Å². The number of nitrogen functional groups attached to an aromatic ring is 1. The van der Waals surface area contributed by atoms with Crippen molar-refractivity contribution in [1.82, 2.24) is 4.90 Å². The number of nitrogens with two attached hydrogens (primary N) is 1. The summed E-state index contributed by atoms with van der Waals surface area (Å²) in [6, 6.07) is 4.23. The van der Waals surface area contributed by atoms with E-state index in [1.54, 1.807) is 11.9 Å². The third-order valence-corrected chi connectivity index (χ3v) is 3.89. The Bertz CT molecular complexity index is 567. The number of rotatable bonds is 5. The maximum absolute atomic E-state index is 12.2. The predicted octanol–water partition coefficient (Wildman–Crippen LogP) is 1.54. The van der Waals surface area contributed by atoms with Gasteiger partial charge in [-0.1, -0.05) is 13.3 Å². The number of unbranched alkanes of at least 4 members (excludes halogenated alkanes) is 1. The molecule has 0 saturated carbocycles. The number of amides is 1. The van der Waals surface area contributed by atoms with Gasteiger partial charge in [-0.25, -0.2) is 8.42 Å². The van der Waals surface area contributed by atoms with Crippen LogP contribution in [0.15, 0.2) is 23.1 Å². The van der Waals surface area contributed by atoms with E-state index in [2.05, 4.69) is 0 Å². The van der Waals surface area contributed by atoms with Crippen LogP contribution < -0.4 is 5.73 Å². The molecule has 106 valence electrons. The van der Waals surface area contributed by atoms with Gasteiger partial charge in [0.2, 0.25) is 0 Å². The van der Waals surface area contributed by atoms with Crippen LogP contribution in [-0.4, -0.2) is 39.1 Å². The lowest BCUT2D eigenvalue weighted by atomic mass is 10.1. The number of anilines is 1. The van der Waals surface area contributed by atoms with Crippen LogP contribution in [0, 0.1) is 0 Å². The van der Waals surface area contributed by atoms with Crippen LogP contribution in [0.1, 0.15) is 30.1 Å². The van der Waals surface area contributed by atoms with Crippen molar-refractivity contribution < 1.29 is 13.2 Å². The summed E-state index contributed by atoms with van der Waals surface area (Å²) in [4.78, 5) is 13.8. The van der Waals surface area contributed by atoms with E-state index in [1.165, 1.54) is 18.2 Å². The van der Waals surface area contributed by atoms with Gasteiger partial charge in [-0.05, 0) is 24.6 Å². The Morgan fingerprint density at radius 1 is 1.32 bits per heavy atom. The zero-order valence-corrected chi connectivity index (χ0v) is 12.3. The summed E-state index contributed by atoms with van der Waals surface area (Å²) in [6.07, 6.45) is 2.99. The first-order valence-corrected chi connectivity index (χ1v) is 8.01. The molecule has 0 spiro atoms. The van der Waals surface area contributed by atoms with Crippen molar-refractivity contribution in [2.45, 2.75) is 24.7 Å². The van der Waals surface area contributed by atoms with E-state index in [4.69, 9.17) is 5.73 Å². The number of sulfone groups is 1. The first-order chi connectivity index (χ1) is 8.75. The number of hydrogen-bond donors (Lipinski definition) is 1. The quantitative estimate of drug-likeness (QED) is 0.832. The smallest absolute Gasteiger partial charge is 0.253 e. The highest BCUT2D eigenvalue weighted by atomic mass is 32.2. The van der Waals surface area contributed by atoms with E-state index in [0.29, 0.717) is 12.1 Å². The maximum atomic E-state index is 12.2. The van der Waals surface area contributed by atoms with E-state index in [0.717, 1.165) is 19.1 Å². The van der Waals surface area contributed by atoms with Gasteiger partial charge in [0.15, 0.2) is 9.84 Å². The summed E-state index contributed by atoms with van der Waals surface area (Å²) in [6.45, 7) is 2.68. The standard InChI is InChI=1S/C13H20N2O3S/c1-4-5-6-15(2)13(16)10-7-11(14)9-12(8-10)19(3,17)18/h7-9H,4-6,14H2,1-3H3. The van der Waals surface area contributed by atoms with Crippen LogP contribution in [0.5, 0.6) is 0 Å². The average molecular weight is 284 g/mol. The highest BCUT2D eigenvalue weighted by Crippen LogP contribution is 2.18. The fourth-order valence-corrected chi connectivity index (χ4v) is 2.37. The van der Waals surface area contributed by atoms with E-state index in [9.17, 15) is 13.2 Å². The molecule has 0 radical (unpaired) electrons. The number of nitrogens with zero attached hydrogens (tertiary/aromatic N) is 1. The molecule has 0 bridgehead atoms. The van der Waals surface area contributed by atoms with Crippen LogP contribution in [0.2, 0.25) is 0 Å². The van der Waals surface area contributed by atoms with Gasteiger partial charge in [-0.2, -0.15) is 0 Å². The molecule has 2 N–H and O–H groups in total. The average Bonchev–Trinajstić information content (AvgIpc) is 2.33. The van der Waals surface area contributed by atoms with Crippen LogP contribution in [0.25, 0.3) is 0 Å². The van der Waals surface area contributed by atoms with Gasteiger partial charge in [0, 0.05) is 31.1 Å². The van der Waals surface area contributed by atoms with E-state index in [-0.39, 0.29) is 16.5 Å². The van der Waals surface area contributed by atoms with Crippen molar-refractivity contribution >= 4 is 21.4 Å². The van der Waals surface area contributed by atoms with Crippen molar-refractivity contribution in [2.24, 2.45) is 0 Å². The SMILES string of the molecule is CCCCN(C)C(=O)c1cc(N)cc(S(C)(=O)=O)c1. The molecule has 0 atom stereocenters. The summed E-state index contributed by atoms with van der Waals surface area (Å²) in [7, 11) is -1.68. The molecule has 0 heterocycles. The van der Waals surface area contributed by atoms with Gasteiger partial charge >= 0.3 is 0 Å². The molecule has 0 aliphatic rings. The summed E-state index contributed by atoms with van der Waals surface area (Å²) >= 11 is 0. The molecule has 1 aromatic rings. The van der Waals surface area contributed by atoms with Crippen molar-refractivity contribution in [2.75, 3.05) is 25.6 Å². The largest absolute Gasteiger partial charge is 0.399 e. The van der Waals surface area contributed by atoms with E-state index < -0.39 is 9.84 Å². The number of carbonyl (C=O) groups excluding carboxylic acids is 1. The van der Waals surface area contributed by atoms with Crippen LogP contribution in [0.3, 0.4) is 0 Å². The van der Waals surface area contributed by atoms with E-state index >= 15 is 0 Å². The molecule has 0 aromatic heterocycles. The molecule has 0 fully saturated rings. The molecule has 0 unspecified atom stereocenters. The summed E-state index contributed by atoms with van der Waals surface area (Å²) in [5.41, 5.74) is 6.24. The maximum Gasteiger partial charge on any atom is 0.253 e. The minimum Gasteiger partial charge on any atom is -0.399 e. The third-order valence-electron chi connectivity index (χ3n) is 2.80. The van der Waals surface area contributed by atoms with Crippen molar-refractivity contribution in [3.8, 4) is 0 Å².